The molecule has 0 heterocycles. The number of benzene rings is 2. The minimum absolute atomic E-state index is 0.0518. The summed E-state index contributed by atoms with van der Waals surface area (Å²) in [4.78, 5) is 25.6. The number of methoxy groups -OCH3 is 1. The Morgan fingerprint density at radius 1 is 1.08 bits per heavy atom. The van der Waals surface area contributed by atoms with Crippen molar-refractivity contribution in [1.82, 2.24) is 4.90 Å². The molecular formula is C18H20ClN3O3. The lowest BCUT2D eigenvalue weighted by atomic mass is 10.3. The lowest BCUT2D eigenvalue weighted by Crippen LogP contribution is -2.38. The summed E-state index contributed by atoms with van der Waals surface area (Å²) in [5, 5.41) is 6.14. The molecule has 0 radical (unpaired) electrons. The third kappa shape index (κ3) is 5.39. The number of carbonyl (C=O) groups excluding carboxylic acids is 2. The summed E-state index contributed by atoms with van der Waals surface area (Å²) in [5.41, 5.74) is 1.23. The smallest absolute Gasteiger partial charge is 0.244 e. The van der Waals surface area contributed by atoms with Crippen LogP contribution >= 0.6 is 11.6 Å². The minimum Gasteiger partial charge on any atom is -0.495 e. The Hall–Kier alpha value is -2.73. The number of hydrogen-bond acceptors (Lipinski definition) is 4. The van der Waals surface area contributed by atoms with Crippen molar-refractivity contribution in [3.63, 3.8) is 0 Å². The predicted octanol–water partition coefficient (Wildman–Crippen LogP) is 2.86. The fourth-order valence-corrected chi connectivity index (χ4v) is 2.34. The molecule has 2 amide bonds. The molecule has 25 heavy (non-hydrogen) atoms. The molecule has 0 aliphatic heterocycles. The molecular weight excluding hydrogens is 342 g/mol. The number of ether oxygens (including phenoxy) is 1. The van der Waals surface area contributed by atoms with E-state index in [1.807, 2.05) is 18.2 Å². The highest BCUT2D eigenvalue weighted by Gasteiger charge is 2.14. The summed E-state index contributed by atoms with van der Waals surface area (Å²) in [7, 11) is 3.13. The molecule has 2 N–H and O–H groups in total. The highest BCUT2D eigenvalue weighted by atomic mass is 35.5. The van der Waals surface area contributed by atoms with Gasteiger partial charge in [-0.15, -0.1) is 0 Å². The molecule has 0 spiro atoms. The molecule has 2 aromatic rings. The molecule has 0 saturated heterocycles. The molecule has 2 aromatic carbocycles. The van der Waals surface area contributed by atoms with Gasteiger partial charge in [0.05, 0.1) is 36.6 Å². The summed E-state index contributed by atoms with van der Waals surface area (Å²) >= 11 is 6.00. The van der Waals surface area contributed by atoms with Gasteiger partial charge in [0.25, 0.3) is 0 Å². The number of nitrogens with one attached hydrogen (secondary N) is 2. The van der Waals surface area contributed by atoms with Crippen LogP contribution in [0.2, 0.25) is 5.02 Å². The minimum atomic E-state index is -0.318. The average molecular weight is 362 g/mol. The van der Waals surface area contributed by atoms with Crippen LogP contribution in [0.1, 0.15) is 0 Å². The maximum atomic E-state index is 12.2. The second kappa shape index (κ2) is 8.94. The van der Waals surface area contributed by atoms with Crippen molar-refractivity contribution in [2.75, 3.05) is 37.9 Å². The second-order valence-electron chi connectivity index (χ2n) is 5.33. The van der Waals surface area contributed by atoms with E-state index in [-0.39, 0.29) is 24.9 Å². The van der Waals surface area contributed by atoms with Crippen LogP contribution in [-0.4, -0.2) is 44.0 Å². The Bertz CT molecular complexity index is 752. The molecule has 6 nitrogen and oxygen atoms in total. The van der Waals surface area contributed by atoms with Gasteiger partial charge in [-0.2, -0.15) is 0 Å². The van der Waals surface area contributed by atoms with Gasteiger partial charge in [0.1, 0.15) is 5.75 Å². The molecule has 132 valence electrons. The van der Waals surface area contributed by atoms with Crippen molar-refractivity contribution in [1.29, 1.82) is 0 Å². The van der Waals surface area contributed by atoms with Gasteiger partial charge in [0, 0.05) is 7.05 Å². The van der Waals surface area contributed by atoms with E-state index in [0.29, 0.717) is 22.1 Å². The first-order valence-corrected chi connectivity index (χ1v) is 8.04. The molecule has 0 aliphatic carbocycles. The van der Waals surface area contributed by atoms with E-state index in [0.717, 1.165) is 0 Å². The zero-order valence-electron chi connectivity index (χ0n) is 14.1. The van der Waals surface area contributed by atoms with Crippen molar-refractivity contribution in [2.45, 2.75) is 0 Å². The van der Waals surface area contributed by atoms with Crippen LogP contribution < -0.4 is 15.4 Å². The number of carbonyl (C=O) groups is 2. The lowest BCUT2D eigenvalue weighted by molar-refractivity contribution is -0.131. The van der Waals surface area contributed by atoms with E-state index in [9.17, 15) is 9.59 Å². The van der Waals surface area contributed by atoms with E-state index in [1.165, 1.54) is 4.90 Å². The van der Waals surface area contributed by atoms with Crippen molar-refractivity contribution in [2.24, 2.45) is 0 Å². The fraction of sp³-hybridized carbons (Fsp3) is 0.222. The van der Waals surface area contributed by atoms with E-state index in [2.05, 4.69) is 10.6 Å². The molecule has 0 aromatic heterocycles. The van der Waals surface area contributed by atoms with Crippen molar-refractivity contribution >= 4 is 34.8 Å². The third-order valence-electron chi connectivity index (χ3n) is 3.49. The molecule has 2 rings (SSSR count). The van der Waals surface area contributed by atoms with E-state index >= 15 is 0 Å². The zero-order valence-corrected chi connectivity index (χ0v) is 14.8. The molecule has 0 bridgehead atoms. The first-order chi connectivity index (χ1) is 12.0. The zero-order chi connectivity index (χ0) is 18.2. The highest BCUT2D eigenvalue weighted by Crippen LogP contribution is 2.22. The molecule has 0 atom stereocenters. The summed E-state index contributed by atoms with van der Waals surface area (Å²) in [6.45, 7) is -0.0199. The third-order valence-corrected chi connectivity index (χ3v) is 3.82. The van der Waals surface area contributed by atoms with Gasteiger partial charge in [0.15, 0.2) is 0 Å². The molecule has 7 heteroatoms. The maximum Gasteiger partial charge on any atom is 0.244 e. The van der Waals surface area contributed by atoms with Gasteiger partial charge >= 0.3 is 0 Å². The summed E-state index contributed by atoms with van der Waals surface area (Å²) in [6.07, 6.45) is 0. The monoisotopic (exact) mass is 361 g/mol. The molecule has 0 unspecified atom stereocenters. The Morgan fingerprint density at radius 3 is 2.40 bits per heavy atom. The van der Waals surface area contributed by atoms with E-state index in [1.54, 1.807) is 44.5 Å². The number of nitrogens with zero attached hydrogens (tertiary/aromatic N) is 1. The quantitative estimate of drug-likeness (QED) is 0.795. The molecule has 0 saturated carbocycles. The van der Waals surface area contributed by atoms with Crippen molar-refractivity contribution in [3.05, 3.63) is 53.6 Å². The van der Waals surface area contributed by atoms with Crippen LogP contribution in [0, 0.1) is 0 Å². The van der Waals surface area contributed by atoms with Crippen LogP contribution in [0.15, 0.2) is 48.5 Å². The van der Waals surface area contributed by atoms with Crippen LogP contribution in [0.4, 0.5) is 11.4 Å². The highest BCUT2D eigenvalue weighted by molar-refractivity contribution is 6.33. The van der Waals surface area contributed by atoms with E-state index < -0.39 is 0 Å². The van der Waals surface area contributed by atoms with Gasteiger partial charge in [-0.3, -0.25) is 9.59 Å². The number of para-hydroxylation sites is 3. The first kappa shape index (κ1) is 18.6. The fourth-order valence-electron chi connectivity index (χ4n) is 2.15. The SMILES string of the molecule is COc1ccccc1NCC(=O)N(C)CC(=O)Nc1ccccc1Cl. The first-order valence-electron chi connectivity index (χ1n) is 7.66. The Morgan fingerprint density at radius 2 is 1.72 bits per heavy atom. The number of likely N-dealkylation sites (N-methyl/N-ethyl adjacent to an activating group) is 1. The second-order valence-corrected chi connectivity index (χ2v) is 5.74. The Kier molecular flexibility index (Phi) is 6.65. The average Bonchev–Trinajstić information content (AvgIpc) is 2.61. The van der Waals surface area contributed by atoms with Gasteiger partial charge in [-0.1, -0.05) is 35.9 Å². The van der Waals surface area contributed by atoms with Crippen LogP contribution in [-0.2, 0) is 9.59 Å². The van der Waals surface area contributed by atoms with E-state index in [4.69, 9.17) is 16.3 Å². The van der Waals surface area contributed by atoms with Crippen LogP contribution in [0.5, 0.6) is 5.75 Å². The number of rotatable bonds is 7. The topological polar surface area (TPSA) is 70.7 Å². The predicted molar refractivity (Wildman–Crippen MR) is 99.2 cm³/mol. The van der Waals surface area contributed by atoms with Gasteiger partial charge < -0.3 is 20.3 Å². The number of halogens is 1. The van der Waals surface area contributed by atoms with Gasteiger partial charge in [-0.05, 0) is 24.3 Å². The maximum absolute atomic E-state index is 12.2. The number of amides is 2. The number of anilines is 2. The Labute approximate surface area is 151 Å². The standard InChI is InChI=1S/C18H20ClN3O3/c1-22(12-17(23)21-14-8-4-3-7-13(14)19)18(24)11-20-15-9-5-6-10-16(15)25-2/h3-10,20H,11-12H2,1-2H3,(H,21,23). The molecule has 0 fully saturated rings. The van der Waals surface area contributed by atoms with Gasteiger partial charge in [0.2, 0.25) is 11.8 Å². The molecule has 0 aliphatic rings. The van der Waals surface area contributed by atoms with Crippen LogP contribution in [0.25, 0.3) is 0 Å². The van der Waals surface area contributed by atoms with Crippen molar-refractivity contribution < 1.29 is 14.3 Å². The largest absolute Gasteiger partial charge is 0.495 e. The summed E-state index contributed by atoms with van der Waals surface area (Å²) in [6, 6.07) is 14.2. The lowest BCUT2D eigenvalue weighted by Gasteiger charge is -2.18. The summed E-state index contributed by atoms with van der Waals surface area (Å²) < 4.78 is 5.22. The summed E-state index contributed by atoms with van der Waals surface area (Å²) in [5.74, 6) is 0.107. The van der Waals surface area contributed by atoms with Crippen molar-refractivity contribution in [3.8, 4) is 5.75 Å². The number of hydrogen-bond donors (Lipinski definition) is 2. The van der Waals surface area contributed by atoms with Gasteiger partial charge in [-0.25, -0.2) is 0 Å². The Balaban J connectivity index is 1.85. The normalized spacial score (nSPS) is 10.0. The van der Waals surface area contributed by atoms with Crippen LogP contribution in [0.3, 0.4) is 0 Å².